The summed E-state index contributed by atoms with van der Waals surface area (Å²) in [6.45, 7) is 0.560. The number of hydrogen-bond donors (Lipinski definition) is 6. The maximum Gasteiger partial charge on any atom is 0.322 e. The van der Waals surface area contributed by atoms with Crippen LogP contribution in [0.4, 0.5) is 0 Å². The Balaban J connectivity index is 4.72. The predicted molar refractivity (Wildman–Crippen MR) is 86.6 cm³/mol. The third kappa shape index (κ3) is 10.3. The second-order valence-corrected chi connectivity index (χ2v) is 6.05. The van der Waals surface area contributed by atoms with Crippen molar-refractivity contribution in [3.8, 4) is 0 Å². The molecule has 0 fully saturated rings. The maximum absolute atomic E-state index is 11.9. The fraction of sp³-hybridized carbons (Fsp3) is 0.615. The number of aliphatic carboxylic acids is 2. The van der Waals surface area contributed by atoms with Gasteiger partial charge >= 0.3 is 11.9 Å². The van der Waals surface area contributed by atoms with E-state index in [-0.39, 0.29) is 18.6 Å². The number of carboxylic acid groups (broad SMARTS) is 2. The zero-order valence-electron chi connectivity index (χ0n) is 13.4. The average Bonchev–Trinajstić information content (AvgIpc) is 2.53. The van der Waals surface area contributed by atoms with Crippen LogP contribution in [0.25, 0.3) is 0 Å². The molecule has 0 heterocycles. The van der Waals surface area contributed by atoms with Crippen LogP contribution in [0.5, 0.6) is 0 Å². The fourth-order valence-electron chi connectivity index (χ4n) is 1.43. The van der Waals surface area contributed by atoms with E-state index in [1.54, 1.807) is 0 Å². The van der Waals surface area contributed by atoms with Gasteiger partial charge < -0.3 is 31.7 Å². The van der Waals surface area contributed by atoms with Crippen LogP contribution in [-0.4, -0.2) is 74.7 Å². The summed E-state index contributed by atoms with van der Waals surface area (Å²) in [6.07, 6.45) is -1.70. The molecule has 0 aliphatic rings. The number of rotatable bonds is 11. The molecular weight excluding hydrogens is 358 g/mol. The van der Waals surface area contributed by atoms with Gasteiger partial charge in [-0.05, 0) is 13.3 Å². The van der Waals surface area contributed by atoms with Crippen molar-refractivity contribution >= 4 is 40.6 Å². The molecule has 0 aliphatic carbocycles. The molecule has 7 N–H and O–H groups in total. The first-order chi connectivity index (χ1) is 11.5. The fourth-order valence-corrected chi connectivity index (χ4v) is 2.24. The van der Waals surface area contributed by atoms with Gasteiger partial charge in [-0.25, -0.2) is 0 Å². The number of hydrogen-bond acceptors (Lipinski definition) is 8. The number of carbonyl (C=O) groups excluding carboxylic acids is 3. The molecule has 0 aromatic carbocycles. The van der Waals surface area contributed by atoms with Crippen molar-refractivity contribution in [1.29, 1.82) is 0 Å². The first-order valence-electron chi connectivity index (χ1n) is 7.16. The lowest BCUT2D eigenvalue weighted by Gasteiger charge is -2.18. The average molecular weight is 379 g/mol. The number of nitrogens with two attached hydrogens (primary N) is 1. The summed E-state index contributed by atoms with van der Waals surface area (Å²) in [5.74, 6) is -4.31. The van der Waals surface area contributed by atoms with E-state index < -0.39 is 53.6 Å². The molecule has 0 spiro atoms. The molecule has 2 amide bonds. The molecule has 0 aromatic heterocycles. The van der Waals surface area contributed by atoms with Crippen LogP contribution in [0.3, 0.4) is 0 Å². The Morgan fingerprint density at radius 1 is 1.16 bits per heavy atom. The Bertz CT molecular complexity index is 525. The minimum absolute atomic E-state index is 0.162. The SMILES string of the molecule is C[C@H](O)C(=O)SC[C@H](NC(=O)CC[C@@H](N)C(=O)O)C(=O)NCC(=O)O. The monoisotopic (exact) mass is 379 g/mol. The predicted octanol–water partition coefficient (Wildman–Crippen LogP) is -2.50. The molecule has 0 bridgehead atoms. The van der Waals surface area contributed by atoms with E-state index >= 15 is 0 Å². The molecule has 0 aliphatic heterocycles. The number of carbonyl (C=O) groups is 5. The molecular formula is C13H21N3O8S. The van der Waals surface area contributed by atoms with Gasteiger partial charge in [0.2, 0.25) is 16.9 Å². The van der Waals surface area contributed by atoms with E-state index in [1.165, 1.54) is 6.92 Å². The third-order valence-corrected chi connectivity index (χ3v) is 3.92. The summed E-state index contributed by atoms with van der Waals surface area (Å²) in [7, 11) is 0. The largest absolute Gasteiger partial charge is 0.480 e. The lowest BCUT2D eigenvalue weighted by molar-refractivity contribution is -0.139. The van der Waals surface area contributed by atoms with Gasteiger partial charge in [0.05, 0.1) is 0 Å². The summed E-state index contributed by atoms with van der Waals surface area (Å²) in [4.78, 5) is 56.2. The minimum atomic E-state index is -1.29. The second kappa shape index (κ2) is 11.4. The first-order valence-corrected chi connectivity index (χ1v) is 8.15. The first kappa shape index (κ1) is 22.8. The normalized spacial score (nSPS) is 14.0. The summed E-state index contributed by atoms with van der Waals surface area (Å²) >= 11 is 0.596. The van der Waals surface area contributed by atoms with Crippen LogP contribution in [0.2, 0.25) is 0 Å². The molecule has 0 saturated heterocycles. The molecule has 142 valence electrons. The molecule has 0 unspecified atom stereocenters. The van der Waals surface area contributed by atoms with Gasteiger partial charge in [0.25, 0.3) is 0 Å². The molecule has 0 radical (unpaired) electrons. The number of thioether (sulfide) groups is 1. The van der Waals surface area contributed by atoms with Crippen molar-refractivity contribution in [2.24, 2.45) is 5.73 Å². The van der Waals surface area contributed by atoms with Crippen molar-refractivity contribution in [1.82, 2.24) is 10.6 Å². The Hall–Kier alpha value is -2.18. The second-order valence-electron chi connectivity index (χ2n) is 5.02. The maximum atomic E-state index is 11.9. The van der Waals surface area contributed by atoms with Crippen LogP contribution in [-0.2, 0) is 24.0 Å². The van der Waals surface area contributed by atoms with E-state index in [1.807, 2.05) is 0 Å². The minimum Gasteiger partial charge on any atom is -0.480 e. The zero-order chi connectivity index (χ0) is 19.6. The van der Waals surface area contributed by atoms with Crippen molar-refractivity contribution in [2.45, 2.75) is 38.0 Å². The van der Waals surface area contributed by atoms with Gasteiger partial charge in [0.15, 0.2) is 0 Å². The van der Waals surface area contributed by atoms with E-state index in [0.29, 0.717) is 11.8 Å². The van der Waals surface area contributed by atoms with Gasteiger partial charge in [-0.3, -0.25) is 24.0 Å². The number of carboxylic acids is 2. The van der Waals surface area contributed by atoms with Crippen LogP contribution in [0.15, 0.2) is 0 Å². The van der Waals surface area contributed by atoms with Gasteiger partial charge in [-0.2, -0.15) is 0 Å². The van der Waals surface area contributed by atoms with Crippen LogP contribution in [0.1, 0.15) is 19.8 Å². The Labute approximate surface area is 147 Å². The molecule has 25 heavy (non-hydrogen) atoms. The summed E-state index contributed by atoms with van der Waals surface area (Å²) in [5, 5.41) is 30.0. The van der Waals surface area contributed by atoms with Crippen molar-refractivity contribution in [3.63, 3.8) is 0 Å². The lowest BCUT2D eigenvalue weighted by atomic mass is 10.1. The quantitative estimate of drug-likeness (QED) is 0.223. The Kier molecular flexibility index (Phi) is 10.4. The number of amides is 2. The smallest absolute Gasteiger partial charge is 0.322 e. The zero-order valence-corrected chi connectivity index (χ0v) is 14.2. The van der Waals surface area contributed by atoms with E-state index in [4.69, 9.17) is 21.1 Å². The van der Waals surface area contributed by atoms with E-state index in [9.17, 15) is 24.0 Å². The van der Waals surface area contributed by atoms with Gasteiger partial charge in [-0.1, -0.05) is 11.8 Å². The highest BCUT2D eigenvalue weighted by molar-refractivity contribution is 8.13. The standard InChI is InChI=1S/C13H21N3O8S/c1-6(17)13(24)25-5-8(11(21)15-4-10(19)20)16-9(18)3-2-7(14)12(22)23/h6-8,17H,2-5,14H2,1H3,(H,15,21)(H,16,18)(H,19,20)(H,22,23)/t6-,7+,8-/m0/s1. The molecule has 12 heteroatoms. The topological polar surface area (TPSA) is 196 Å². The summed E-state index contributed by atoms with van der Waals surface area (Å²) in [5.41, 5.74) is 5.27. The highest BCUT2D eigenvalue weighted by atomic mass is 32.2. The van der Waals surface area contributed by atoms with Gasteiger partial charge in [0.1, 0.15) is 24.7 Å². The summed E-state index contributed by atoms with van der Waals surface area (Å²) in [6, 6.07) is -2.48. The number of nitrogens with one attached hydrogen (secondary N) is 2. The van der Waals surface area contributed by atoms with Gasteiger partial charge in [0, 0.05) is 12.2 Å². The molecule has 11 nitrogen and oxygen atoms in total. The lowest BCUT2D eigenvalue weighted by Crippen LogP contribution is -2.49. The van der Waals surface area contributed by atoms with Crippen LogP contribution < -0.4 is 16.4 Å². The van der Waals surface area contributed by atoms with Crippen LogP contribution in [0, 0.1) is 0 Å². The molecule has 0 aromatic rings. The van der Waals surface area contributed by atoms with E-state index in [2.05, 4.69) is 10.6 Å². The number of aliphatic hydroxyl groups is 1. The van der Waals surface area contributed by atoms with Crippen LogP contribution >= 0.6 is 11.8 Å². The van der Waals surface area contributed by atoms with Crippen molar-refractivity contribution in [3.05, 3.63) is 0 Å². The van der Waals surface area contributed by atoms with Gasteiger partial charge in [-0.15, -0.1) is 0 Å². The Morgan fingerprint density at radius 2 is 1.76 bits per heavy atom. The van der Waals surface area contributed by atoms with Crippen molar-refractivity contribution in [2.75, 3.05) is 12.3 Å². The van der Waals surface area contributed by atoms with E-state index in [0.717, 1.165) is 0 Å². The number of aliphatic hydroxyl groups excluding tert-OH is 1. The molecule has 0 saturated carbocycles. The molecule has 0 rings (SSSR count). The Morgan fingerprint density at radius 3 is 2.24 bits per heavy atom. The molecule has 3 atom stereocenters. The highest BCUT2D eigenvalue weighted by Crippen LogP contribution is 2.08. The summed E-state index contributed by atoms with van der Waals surface area (Å²) < 4.78 is 0. The third-order valence-electron chi connectivity index (χ3n) is 2.80. The highest BCUT2D eigenvalue weighted by Gasteiger charge is 2.24. The van der Waals surface area contributed by atoms with Crippen molar-refractivity contribution < 1.29 is 39.3 Å².